The van der Waals surface area contributed by atoms with Crippen LogP contribution in [0.1, 0.15) is 72.1 Å². The van der Waals surface area contributed by atoms with Crippen LogP contribution in [0.2, 0.25) is 0 Å². The topological polar surface area (TPSA) is 20.2 Å². The molecule has 0 aromatic carbocycles. The maximum Gasteiger partial charge on any atom is 0.0911 e. The van der Waals surface area contributed by atoms with Crippen molar-refractivity contribution in [1.82, 2.24) is 0 Å². The zero-order valence-corrected chi connectivity index (χ0v) is 10.1. The van der Waals surface area contributed by atoms with Gasteiger partial charge in [0.25, 0.3) is 0 Å². The Morgan fingerprint density at radius 3 is 2.07 bits per heavy atom. The molecule has 1 N–H and O–H groups in total. The average molecular weight is 198 g/mol. The second-order valence-electron chi connectivity index (χ2n) is 4.14. The van der Waals surface area contributed by atoms with Crippen LogP contribution in [-0.4, -0.2) is 5.11 Å². The number of aliphatic hydroxyl groups is 1. The summed E-state index contributed by atoms with van der Waals surface area (Å²) in [5.74, 6) is 0.642. The summed E-state index contributed by atoms with van der Waals surface area (Å²) in [7, 11) is 0. The van der Waals surface area contributed by atoms with Crippen LogP contribution in [-0.2, 0) is 0 Å². The number of unbranched alkanes of at least 4 members (excludes halogenated alkanes) is 4. The van der Waals surface area contributed by atoms with Crippen molar-refractivity contribution in [3.05, 3.63) is 11.3 Å². The maximum atomic E-state index is 9.68. The smallest absolute Gasteiger partial charge is 0.0911 e. The fourth-order valence-corrected chi connectivity index (χ4v) is 1.52. The first kappa shape index (κ1) is 13.5. The Kier molecular flexibility index (Phi) is 8.81. The molecule has 0 heterocycles. The summed E-state index contributed by atoms with van der Waals surface area (Å²) in [5, 5.41) is 9.68. The van der Waals surface area contributed by atoms with Gasteiger partial charge in [0, 0.05) is 6.42 Å². The molecule has 0 aliphatic heterocycles. The first-order valence-electron chi connectivity index (χ1n) is 6.09. The summed E-state index contributed by atoms with van der Waals surface area (Å²) >= 11 is 0. The Bertz CT molecular complexity index is 159. The minimum atomic E-state index is 0.642. The Labute approximate surface area is 89.2 Å². The van der Waals surface area contributed by atoms with Crippen LogP contribution in [0.15, 0.2) is 11.3 Å². The number of rotatable bonds is 8. The third kappa shape index (κ3) is 6.99. The van der Waals surface area contributed by atoms with Crippen molar-refractivity contribution in [3.63, 3.8) is 0 Å². The predicted molar refractivity (Wildman–Crippen MR) is 63.6 cm³/mol. The van der Waals surface area contributed by atoms with Gasteiger partial charge >= 0.3 is 0 Å². The first-order valence-corrected chi connectivity index (χ1v) is 6.09. The van der Waals surface area contributed by atoms with E-state index in [0.717, 1.165) is 25.7 Å². The van der Waals surface area contributed by atoms with E-state index in [1.807, 2.05) is 0 Å². The molecular weight excluding hydrogens is 172 g/mol. The number of hydrogen-bond acceptors (Lipinski definition) is 1. The molecule has 0 aromatic rings. The van der Waals surface area contributed by atoms with Gasteiger partial charge in [0.05, 0.1) is 5.76 Å². The van der Waals surface area contributed by atoms with Crippen molar-refractivity contribution in [2.24, 2.45) is 0 Å². The van der Waals surface area contributed by atoms with Crippen molar-refractivity contribution >= 4 is 0 Å². The van der Waals surface area contributed by atoms with Crippen LogP contribution in [0.4, 0.5) is 0 Å². The molecule has 0 rings (SSSR count). The number of allylic oxidation sites excluding steroid dienone is 2. The molecule has 14 heavy (non-hydrogen) atoms. The SMILES string of the molecule is CCCCCCC(C)=C(O)CCCC. The van der Waals surface area contributed by atoms with E-state index in [1.54, 1.807) is 0 Å². The molecule has 84 valence electrons. The van der Waals surface area contributed by atoms with E-state index < -0.39 is 0 Å². The molecule has 1 heteroatoms. The molecule has 0 spiro atoms. The van der Waals surface area contributed by atoms with Crippen LogP contribution < -0.4 is 0 Å². The Morgan fingerprint density at radius 1 is 0.857 bits per heavy atom. The third-order valence-electron chi connectivity index (χ3n) is 2.67. The van der Waals surface area contributed by atoms with Crippen LogP contribution in [0.25, 0.3) is 0 Å². The molecule has 0 radical (unpaired) electrons. The summed E-state index contributed by atoms with van der Waals surface area (Å²) in [6, 6.07) is 0. The first-order chi connectivity index (χ1) is 6.72. The van der Waals surface area contributed by atoms with E-state index in [-0.39, 0.29) is 0 Å². The predicted octanol–water partition coefficient (Wildman–Crippen LogP) is 4.98. The van der Waals surface area contributed by atoms with Crippen molar-refractivity contribution in [2.75, 3.05) is 0 Å². The number of hydrogen-bond donors (Lipinski definition) is 1. The molecule has 1 nitrogen and oxygen atoms in total. The Morgan fingerprint density at radius 2 is 1.50 bits per heavy atom. The van der Waals surface area contributed by atoms with E-state index in [9.17, 15) is 5.11 Å². The molecule has 0 unspecified atom stereocenters. The van der Waals surface area contributed by atoms with E-state index in [4.69, 9.17) is 0 Å². The monoisotopic (exact) mass is 198 g/mol. The second-order valence-corrected chi connectivity index (χ2v) is 4.14. The maximum absolute atomic E-state index is 9.68. The molecule has 0 aromatic heterocycles. The third-order valence-corrected chi connectivity index (χ3v) is 2.67. The fraction of sp³-hybridized carbons (Fsp3) is 0.846. The lowest BCUT2D eigenvalue weighted by atomic mass is 10.0. The lowest BCUT2D eigenvalue weighted by Crippen LogP contribution is -1.89. The second kappa shape index (κ2) is 9.11. The van der Waals surface area contributed by atoms with E-state index in [0.29, 0.717) is 5.76 Å². The minimum absolute atomic E-state index is 0.642. The van der Waals surface area contributed by atoms with E-state index in [1.165, 1.54) is 31.3 Å². The number of aliphatic hydroxyl groups excluding tert-OH is 1. The normalized spacial score (nSPS) is 12.8. The van der Waals surface area contributed by atoms with E-state index in [2.05, 4.69) is 20.8 Å². The van der Waals surface area contributed by atoms with Crippen molar-refractivity contribution in [1.29, 1.82) is 0 Å². The van der Waals surface area contributed by atoms with Crippen molar-refractivity contribution < 1.29 is 5.11 Å². The molecule has 0 saturated carbocycles. The van der Waals surface area contributed by atoms with Crippen LogP contribution in [0.5, 0.6) is 0 Å². The standard InChI is InChI=1S/C13H26O/c1-4-6-8-9-10-12(3)13(14)11-7-5-2/h14H,4-11H2,1-3H3. The highest BCUT2D eigenvalue weighted by Gasteiger charge is 1.99. The lowest BCUT2D eigenvalue weighted by molar-refractivity contribution is 0.372. The molecular formula is C13H26O. The molecule has 0 bridgehead atoms. The Balaban J connectivity index is 3.62. The summed E-state index contributed by atoms with van der Waals surface area (Å²) in [4.78, 5) is 0. The van der Waals surface area contributed by atoms with Gasteiger partial charge in [-0.25, -0.2) is 0 Å². The van der Waals surface area contributed by atoms with Gasteiger partial charge in [-0.3, -0.25) is 0 Å². The zero-order chi connectivity index (χ0) is 10.8. The van der Waals surface area contributed by atoms with Crippen LogP contribution >= 0.6 is 0 Å². The summed E-state index contributed by atoms with van der Waals surface area (Å²) in [6.45, 7) is 6.45. The molecule has 0 amide bonds. The zero-order valence-electron chi connectivity index (χ0n) is 10.1. The molecule has 0 aliphatic carbocycles. The van der Waals surface area contributed by atoms with E-state index >= 15 is 0 Å². The highest BCUT2D eigenvalue weighted by atomic mass is 16.3. The largest absolute Gasteiger partial charge is 0.512 e. The highest BCUT2D eigenvalue weighted by Crippen LogP contribution is 2.15. The molecule has 0 saturated heterocycles. The summed E-state index contributed by atoms with van der Waals surface area (Å²) < 4.78 is 0. The lowest BCUT2D eigenvalue weighted by Gasteiger charge is -2.05. The average Bonchev–Trinajstić information content (AvgIpc) is 2.20. The minimum Gasteiger partial charge on any atom is -0.512 e. The van der Waals surface area contributed by atoms with Gasteiger partial charge in [-0.05, 0) is 31.8 Å². The fourth-order valence-electron chi connectivity index (χ4n) is 1.52. The van der Waals surface area contributed by atoms with Gasteiger partial charge in [0.15, 0.2) is 0 Å². The van der Waals surface area contributed by atoms with Crippen molar-refractivity contribution in [3.8, 4) is 0 Å². The van der Waals surface area contributed by atoms with Gasteiger partial charge in [-0.1, -0.05) is 39.5 Å². The van der Waals surface area contributed by atoms with Gasteiger partial charge in [0.2, 0.25) is 0 Å². The molecule has 0 atom stereocenters. The van der Waals surface area contributed by atoms with Gasteiger partial charge in [-0.15, -0.1) is 0 Å². The van der Waals surface area contributed by atoms with Gasteiger partial charge in [0.1, 0.15) is 0 Å². The highest BCUT2D eigenvalue weighted by molar-refractivity contribution is 5.04. The van der Waals surface area contributed by atoms with Gasteiger partial charge < -0.3 is 5.11 Å². The summed E-state index contributed by atoms with van der Waals surface area (Å²) in [6.07, 6.45) is 9.36. The van der Waals surface area contributed by atoms with Crippen molar-refractivity contribution in [2.45, 2.75) is 72.1 Å². The quantitative estimate of drug-likeness (QED) is 0.431. The summed E-state index contributed by atoms with van der Waals surface area (Å²) in [5.41, 5.74) is 1.20. The Hall–Kier alpha value is -0.460. The molecule has 0 fully saturated rings. The molecule has 0 aliphatic rings. The van der Waals surface area contributed by atoms with Crippen LogP contribution in [0.3, 0.4) is 0 Å². The van der Waals surface area contributed by atoms with Gasteiger partial charge in [-0.2, -0.15) is 0 Å². The van der Waals surface area contributed by atoms with Crippen LogP contribution in [0, 0.1) is 0 Å².